The number of para-hydroxylation sites is 1. The van der Waals surface area contributed by atoms with Crippen molar-refractivity contribution in [3.05, 3.63) is 42.5 Å². The van der Waals surface area contributed by atoms with Crippen LogP contribution in [-0.4, -0.2) is 54.5 Å². The fourth-order valence-electron chi connectivity index (χ4n) is 4.10. The van der Waals surface area contributed by atoms with Gasteiger partial charge in [0.2, 0.25) is 16.0 Å². The number of sulfonamides is 1. The van der Waals surface area contributed by atoms with Crippen molar-refractivity contribution in [2.45, 2.75) is 50.2 Å². The summed E-state index contributed by atoms with van der Waals surface area (Å²) in [4.78, 5) is 10.4. The van der Waals surface area contributed by atoms with E-state index in [0.29, 0.717) is 50.1 Å². The van der Waals surface area contributed by atoms with Crippen LogP contribution in [0.4, 0.5) is 10.3 Å². The van der Waals surface area contributed by atoms with Gasteiger partial charge in [-0.1, -0.05) is 26.0 Å². The third-order valence-corrected chi connectivity index (χ3v) is 7.67. The second-order valence-electron chi connectivity index (χ2n) is 8.23. The second kappa shape index (κ2) is 8.47. The molecule has 4 rings (SSSR count). The van der Waals surface area contributed by atoms with Crippen LogP contribution in [0.3, 0.4) is 0 Å². The standard InChI is InChI=1S/C21H27FN4O3S/c1-15(2)7-12-26-17-8-10-25(21-23-13-16(22)14-24-21)11-9-18(17)29-19-5-3-4-6-20(19)30(26,27)28/h3-6,13-15,17-18H,7-12H2,1-2H3/t17-,18-/m0/s1. The van der Waals surface area contributed by atoms with Gasteiger partial charge in [0.25, 0.3) is 0 Å². The molecule has 0 amide bonds. The summed E-state index contributed by atoms with van der Waals surface area (Å²) in [6.07, 6.45) is 4.00. The van der Waals surface area contributed by atoms with E-state index >= 15 is 0 Å². The summed E-state index contributed by atoms with van der Waals surface area (Å²) < 4.78 is 48.2. The second-order valence-corrected chi connectivity index (χ2v) is 10.1. The molecule has 3 heterocycles. The third kappa shape index (κ3) is 4.13. The first kappa shape index (κ1) is 21.0. The maximum atomic E-state index is 13.6. The van der Waals surface area contributed by atoms with Crippen LogP contribution >= 0.6 is 0 Å². The first-order chi connectivity index (χ1) is 14.4. The van der Waals surface area contributed by atoms with Crippen molar-refractivity contribution in [3.63, 3.8) is 0 Å². The lowest BCUT2D eigenvalue weighted by Crippen LogP contribution is -2.47. The Morgan fingerprint density at radius 1 is 1.17 bits per heavy atom. The Kier molecular flexibility index (Phi) is 5.92. The number of halogens is 1. The molecule has 2 aliphatic rings. The Balaban J connectivity index is 1.67. The molecule has 0 bridgehead atoms. The fraction of sp³-hybridized carbons (Fsp3) is 0.524. The molecule has 0 N–H and O–H groups in total. The summed E-state index contributed by atoms with van der Waals surface area (Å²) in [5, 5.41) is 0. The SMILES string of the molecule is CC(C)CCN1[C@H]2CCN(c3ncc(F)cn3)CC[C@@H]2Oc2ccccc2S1(=O)=O. The lowest BCUT2D eigenvalue weighted by molar-refractivity contribution is 0.111. The monoisotopic (exact) mass is 434 g/mol. The Hall–Kier alpha value is -2.26. The van der Waals surface area contributed by atoms with Crippen molar-refractivity contribution < 1.29 is 17.5 Å². The van der Waals surface area contributed by atoms with Crippen LogP contribution in [-0.2, 0) is 10.0 Å². The molecule has 30 heavy (non-hydrogen) atoms. The van der Waals surface area contributed by atoms with Gasteiger partial charge in [-0.25, -0.2) is 22.8 Å². The van der Waals surface area contributed by atoms with E-state index in [9.17, 15) is 12.8 Å². The summed E-state index contributed by atoms with van der Waals surface area (Å²) in [6, 6.07) is 6.59. The molecule has 1 aromatic heterocycles. The van der Waals surface area contributed by atoms with Gasteiger partial charge in [-0.15, -0.1) is 0 Å². The van der Waals surface area contributed by atoms with Crippen LogP contribution < -0.4 is 9.64 Å². The highest BCUT2D eigenvalue weighted by Crippen LogP contribution is 2.37. The van der Waals surface area contributed by atoms with Crippen LogP contribution in [0.5, 0.6) is 5.75 Å². The van der Waals surface area contributed by atoms with Gasteiger partial charge in [0.05, 0.1) is 18.4 Å². The number of fused-ring (bicyclic) bond motifs is 2. The molecular formula is C21H27FN4O3S. The molecule has 162 valence electrons. The minimum absolute atomic E-state index is 0.237. The Labute approximate surface area is 176 Å². The lowest BCUT2D eigenvalue weighted by atomic mass is 10.0. The van der Waals surface area contributed by atoms with Crippen molar-refractivity contribution in [1.29, 1.82) is 0 Å². The van der Waals surface area contributed by atoms with Crippen molar-refractivity contribution in [3.8, 4) is 5.75 Å². The maximum Gasteiger partial charge on any atom is 0.247 e. The van der Waals surface area contributed by atoms with Crippen LogP contribution in [0.15, 0.2) is 41.6 Å². The number of benzene rings is 1. The largest absolute Gasteiger partial charge is 0.487 e. The predicted octanol–water partition coefficient (Wildman–Crippen LogP) is 3.08. The molecule has 2 aliphatic heterocycles. The van der Waals surface area contributed by atoms with E-state index in [0.717, 1.165) is 18.8 Å². The molecule has 0 aliphatic carbocycles. The number of hydrogen-bond donors (Lipinski definition) is 0. The fourth-order valence-corrected chi connectivity index (χ4v) is 5.91. The Morgan fingerprint density at radius 2 is 1.87 bits per heavy atom. The first-order valence-electron chi connectivity index (χ1n) is 10.4. The highest BCUT2D eigenvalue weighted by Gasteiger charge is 2.43. The number of rotatable bonds is 4. The van der Waals surface area contributed by atoms with Gasteiger partial charge in [0.1, 0.15) is 16.7 Å². The third-order valence-electron chi connectivity index (χ3n) is 5.71. The molecule has 1 aromatic carbocycles. The quantitative estimate of drug-likeness (QED) is 0.736. The van der Waals surface area contributed by atoms with E-state index in [4.69, 9.17) is 4.74 Å². The van der Waals surface area contributed by atoms with Crippen LogP contribution in [0.25, 0.3) is 0 Å². The number of nitrogens with zero attached hydrogens (tertiary/aromatic N) is 4. The zero-order chi connectivity index (χ0) is 21.3. The topological polar surface area (TPSA) is 75.6 Å². The van der Waals surface area contributed by atoms with Crippen molar-refractivity contribution in [2.24, 2.45) is 5.92 Å². The zero-order valence-electron chi connectivity index (χ0n) is 17.2. The van der Waals surface area contributed by atoms with Gasteiger partial charge in [0.15, 0.2) is 5.82 Å². The minimum atomic E-state index is -3.68. The molecule has 2 atom stereocenters. The van der Waals surface area contributed by atoms with Crippen LogP contribution in [0.1, 0.15) is 33.1 Å². The van der Waals surface area contributed by atoms with Gasteiger partial charge in [-0.3, -0.25) is 0 Å². The molecular weight excluding hydrogens is 407 g/mol. The summed E-state index contributed by atoms with van der Waals surface area (Å²) in [5.74, 6) is 0.758. The lowest BCUT2D eigenvalue weighted by Gasteiger charge is -2.32. The number of hydrogen-bond acceptors (Lipinski definition) is 6. The molecule has 1 saturated heterocycles. The molecule has 1 fully saturated rings. The Bertz CT molecular complexity index is 984. The maximum absolute atomic E-state index is 13.6. The first-order valence-corrected chi connectivity index (χ1v) is 11.8. The summed E-state index contributed by atoms with van der Waals surface area (Å²) in [5.41, 5.74) is 0. The molecule has 2 aromatic rings. The molecule has 0 spiro atoms. The summed E-state index contributed by atoms with van der Waals surface area (Å²) >= 11 is 0. The molecule has 0 unspecified atom stereocenters. The predicted molar refractivity (Wildman–Crippen MR) is 111 cm³/mol. The van der Waals surface area contributed by atoms with Crippen LogP contribution in [0.2, 0.25) is 0 Å². The molecule has 9 heteroatoms. The van der Waals surface area contributed by atoms with E-state index in [1.165, 1.54) is 0 Å². The molecule has 0 saturated carbocycles. The van der Waals surface area contributed by atoms with Gasteiger partial charge in [-0.05, 0) is 30.9 Å². The number of anilines is 1. The Morgan fingerprint density at radius 3 is 2.60 bits per heavy atom. The average molecular weight is 435 g/mol. The van der Waals surface area contributed by atoms with E-state index < -0.39 is 15.8 Å². The van der Waals surface area contributed by atoms with E-state index in [2.05, 4.69) is 23.8 Å². The van der Waals surface area contributed by atoms with Crippen molar-refractivity contribution >= 4 is 16.0 Å². The van der Waals surface area contributed by atoms with Gasteiger partial charge < -0.3 is 9.64 Å². The number of ether oxygens (including phenoxy) is 1. The van der Waals surface area contributed by atoms with Crippen LogP contribution in [0, 0.1) is 11.7 Å². The van der Waals surface area contributed by atoms with Crippen molar-refractivity contribution in [1.82, 2.24) is 14.3 Å². The van der Waals surface area contributed by atoms with E-state index in [1.807, 2.05) is 4.90 Å². The highest BCUT2D eigenvalue weighted by molar-refractivity contribution is 7.89. The highest BCUT2D eigenvalue weighted by atomic mass is 32.2. The summed E-state index contributed by atoms with van der Waals surface area (Å²) in [6.45, 7) is 5.80. The molecule has 7 nitrogen and oxygen atoms in total. The summed E-state index contributed by atoms with van der Waals surface area (Å²) in [7, 11) is -3.68. The zero-order valence-corrected chi connectivity index (χ0v) is 18.1. The minimum Gasteiger partial charge on any atom is -0.487 e. The van der Waals surface area contributed by atoms with Gasteiger partial charge in [-0.2, -0.15) is 4.31 Å². The normalized spacial score (nSPS) is 23.8. The van der Waals surface area contributed by atoms with E-state index in [1.54, 1.807) is 28.6 Å². The van der Waals surface area contributed by atoms with Gasteiger partial charge >= 0.3 is 0 Å². The average Bonchev–Trinajstić information content (AvgIpc) is 2.96. The van der Waals surface area contributed by atoms with Crippen molar-refractivity contribution in [2.75, 3.05) is 24.5 Å². The van der Waals surface area contributed by atoms with Gasteiger partial charge in [0, 0.05) is 26.1 Å². The molecule has 0 radical (unpaired) electrons. The number of aromatic nitrogens is 2. The smallest absolute Gasteiger partial charge is 0.247 e. The van der Waals surface area contributed by atoms with E-state index in [-0.39, 0.29) is 17.0 Å².